The van der Waals surface area contributed by atoms with Crippen molar-refractivity contribution in [2.75, 3.05) is 0 Å². The maximum absolute atomic E-state index is 12.1. The molecule has 0 aromatic carbocycles. The summed E-state index contributed by atoms with van der Waals surface area (Å²) in [7, 11) is 0. The number of carbonyl (C=O) groups excluding carboxylic acids is 1. The molecule has 2 saturated carbocycles. The molecule has 0 unspecified atom stereocenters. The van der Waals surface area contributed by atoms with E-state index >= 15 is 0 Å². The predicted octanol–water partition coefficient (Wildman–Crippen LogP) is 2.54. The number of fused-ring (bicyclic) bond motifs is 1. The highest BCUT2D eigenvalue weighted by Gasteiger charge is 2.54. The van der Waals surface area contributed by atoms with Crippen LogP contribution in [0.15, 0.2) is 0 Å². The number of carbonyl (C=O) groups is 1. The van der Waals surface area contributed by atoms with E-state index in [1.165, 1.54) is 0 Å². The van der Waals surface area contributed by atoms with Gasteiger partial charge < -0.3 is 5.11 Å². The minimum absolute atomic E-state index is 0.0942. The molecule has 1 N–H and O–H groups in total. The SMILES string of the molecule is CC1(C)[C@H](O)CC[C@@]2(C)C(=O)CCC[C@H]12. The van der Waals surface area contributed by atoms with Crippen molar-refractivity contribution in [1.29, 1.82) is 0 Å². The van der Waals surface area contributed by atoms with Crippen molar-refractivity contribution in [3.05, 3.63) is 0 Å². The zero-order chi connectivity index (χ0) is 11.3. The highest BCUT2D eigenvalue weighted by Crippen LogP contribution is 2.56. The van der Waals surface area contributed by atoms with Gasteiger partial charge in [0.2, 0.25) is 0 Å². The molecule has 15 heavy (non-hydrogen) atoms. The molecule has 2 nitrogen and oxygen atoms in total. The second-order valence-corrected chi connectivity index (χ2v) is 6.16. The van der Waals surface area contributed by atoms with Gasteiger partial charge >= 0.3 is 0 Å². The third-order valence-electron chi connectivity index (χ3n) is 5.00. The van der Waals surface area contributed by atoms with Crippen LogP contribution in [0, 0.1) is 16.7 Å². The standard InChI is InChI=1S/C13H22O2/c1-12(2)9-5-4-6-11(15)13(9,3)8-7-10(12)14/h9-10,14H,4-8H2,1-3H3/t9-,10-,13-/m1/s1. The largest absolute Gasteiger partial charge is 0.393 e. The van der Waals surface area contributed by atoms with E-state index in [9.17, 15) is 9.90 Å². The van der Waals surface area contributed by atoms with Crippen LogP contribution in [0.2, 0.25) is 0 Å². The number of Topliss-reactive ketones (excluding diaryl/α,β-unsaturated/α-hetero) is 1. The minimum Gasteiger partial charge on any atom is -0.393 e. The number of hydrogen-bond donors (Lipinski definition) is 1. The first-order chi connectivity index (χ1) is 6.89. The number of aliphatic hydroxyl groups is 1. The van der Waals surface area contributed by atoms with Crippen LogP contribution in [-0.4, -0.2) is 17.0 Å². The molecule has 0 heterocycles. The van der Waals surface area contributed by atoms with Crippen molar-refractivity contribution in [2.24, 2.45) is 16.7 Å². The van der Waals surface area contributed by atoms with E-state index in [1.807, 2.05) is 0 Å². The lowest BCUT2D eigenvalue weighted by Gasteiger charge is -2.54. The van der Waals surface area contributed by atoms with Crippen LogP contribution in [0.5, 0.6) is 0 Å². The zero-order valence-electron chi connectivity index (χ0n) is 10.0. The fraction of sp³-hybridized carbons (Fsp3) is 0.923. The molecular weight excluding hydrogens is 188 g/mol. The van der Waals surface area contributed by atoms with Gasteiger partial charge in [-0.25, -0.2) is 0 Å². The summed E-state index contributed by atoms with van der Waals surface area (Å²) in [5, 5.41) is 10.1. The van der Waals surface area contributed by atoms with Gasteiger partial charge in [0.25, 0.3) is 0 Å². The Bertz CT molecular complexity index is 282. The van der Waals surface area contributed by atoms with Crippen LogP contribution in [0.25, 0.3) is 0 Å². The molecule has 3 atom stereocenters. The van der Waals surface area contributed by atoms with Crippen molar-refractivity contribution in [1.82, 2.24) is 0 Å². The molecule has 86 valence electrons. The second kappa shape index (κ2) is 3.31. The Labute approximate surface area is 92.1 Å². The highest BCUT2D eigenvalue weighted by atomic mass is 16.3. The third kappa shape index (κ3) is 1.45. The number of rotatable bonds is 0. The van der Waals surface area contributed by atoms with Crippen LogP contribution in [-0.2, 0) is 4.79 Å². The first-order valence-corrected chi connectivity index (χ1v) is 6.10. The van der Waals surface area contributed by atoms with Crippen LogP contribution in [0.3, 0.4) is 0 Å². The summed E-state index contributed by atoms with van der Waals surface area (Å²) in [6, 6.07) is 0. The van der Waals surface area contributed by atoms with E-state index in [0.717, 1.165) is 32.1 Å². The lowest BCUT2D eigenvalue weighted by Crippen LogP contribution is -2.54. The Morgan fingerprint density at radius 1 is 1.27 bits per heavy atom. The Hall–Kier alpha value is -0.370. The van der Waals surface area contributed by atoms with Gasteiger partial charge in [0.05, 0.1) is 6.10 Å². The summed E-state index contributed by atoms with van der Waals surface area (Å²) < 4.78 is 0. The number of hydrogen-bond acceptors (Lipinski definition) is 2. The van der Waals surface area contributed by atoms with Gasteiger partial charge in [-0.15, -0.1) is 0 Å². The maximum atomic E-state index is 12.1. The van der Waals surface area contributed by atoms with Crippen molar-refractivity contribution >= 4 is 5.78 Å². The van der Waals surface area contributed by atoms with Gasteiger partial charge in [0, 0.05) is 11.8 Å². The van der Waals surface area contributed by atoms with Crippen molar-refractivity contribution < 1.29 is 9.90 Å². The molecule has 2 heteroatoms. The molecule has 0 aliphatic heterocycles. The molecule has 2 aliphatic carbocycles. The molecule has 0 radical (unpaired) electrons. The van der Waals surface area contributed by atoms with Gasteiger partial charge in [-0.1, -0.05) is 20.8 Å². The first kappa shape index (κ1) is 11.1. The Balaban J connectivity index is 2.35. The van der Waals surface area contributed by atoms with Gasteiger partial charge in [-0.05, 0) is 37.0 Å². The molecule has 0 amide bonds. The Kier molecular flexibility index (Phi) is 2.45. The molecule has 0 aromatic rings. The van der Waals surface area contributed by atoms with Crippen molar-refractivity contribution in [3.8, 4) is 0 Å². The second-order valence-electron chi connectivity index (χ2n) is 6.16. The summed E-state index contributed by atoms with van der Waals surface area (Å²) in [5.41, 5.74) is -0.246. The third-order valence-corrected chi connectivity index (χ3v) is 5.00. The fourth-order valence-corrected chi connectivity index (χ4v) is 3.81. The van der Waals surface area contributed by atoms with E-state index in [2.05, 4.69) is 20.8 Å². The van der Waals surface area contributed by atoms with E-state index < -0.39 is 0 Å². The summed E-state index contributed by atoms with van der Waals surface area (Å²) in [5.74, 6) is 0.800. The predicted molar refractivity (Wildman–Crippen MR) is 59.5 cm³/mol. The smallest absolute Gasteiger partial charge is 0.139 e. The van der Waals surface area contributed by atoms with Crippen LogP contribution in [0.1, 0.15) is 52.9 Å². The topological polar surface area (TPSA) is 37.3 Å². The van der Waals surface area contributed by atoms with E-state index in [4.69, 9.17) is 0 Å². The van der Waals surface area contributed by atoms with E-state index in [1.54, 1.807) is 0 Å². The van der Waals surface area contributed by atoms with Gasteiger partial charge in [-0.2, -0.15) is 0 Å². The summed E-state index contributed by atoms with van der Waals surface area (Å²) in [4.78, 5) is 12.1. The summed E-state index contributed by atoms with van der Waals surface area (Å²) in [6.45, 7) is 6.36. The monoisotopic (exact) mass is 210 g/mol. The number of ketones is 1. The molecule has 0 bridgehead atoms. The minimum atomic E-state index is -0.235. The van der Waals surface area contributed by atoms with Gasteiger partial charge in [-0.3, -0.25) is 4.79 Å². The molecule has 2 aliphatic rings. The van der Waals surface area contributed by atoms with E-state index in [-0.39, 0.29) is 16.9 Å². The summed E-state index contributed by atoms with van der Waals surface area (Å²) >= 11 is 0. The summed E-state index contributed by atoms with van der Waals surface area (Å²) in [6.07, 6.45) is 4.29. The Morgan fingerprint density at radius 2 is 1.93 bits per heavy atom. The zero-order valence-corrected chi connectivity index (χ0v) is 10.0. The van der Waals surface area contributed by atoms with Crippen LogP contribution in [0.4, 0.5) is 0 Å². The average molecular weight is 210 g/mol. The quantitative estimate of drug-likeness (QED) is 0.667. The fourth-order valence-electron chi connectivity index (χ4n) is 3.81. The van der Waals surface area contributed by atoms with Gasteiger partial charge in [0.1, 0.15) is 5.78 Å². The Morgan fingerprint density at radius 3 is 2.60 bits per heavy atom. The van der Waals surface area contributed by atoms with Crippen LogP contribution < -0.4 is 0 Å². The molecule has 0 spiro atoms. The maximum Gasteiger partial charge on any atom is 0.139 e. The van der Waals surface area contributed by atoms with Crippen molar-refractivity contribution in [2.45, 2.75) is 59.0 Å². The van der Waals surface area contributed by atoms with E-state index in [0.29, 0.717) is 11.7 Å². The first-order valence-electron chi connectivity index (χ1n) is 6.10. The molecule has 0 aromatic heterocycles. The lowest BCUT2D eigenvalue weighted by molar-refractivity contribution is -0.154. The average Bonchev–Trinajstić information content (AvgIpc) is 2.16. The normalized spacial score (nSPS) is 44.9. The van der Waals surface area contributed by atoms with Crippen LogP contribution >= 0.6 is 0 Å². The highest BCUT2D eigenvalue weighted by molar-refractivity contribution is 5.85. The van der Waals surface area contributed by atoms with Crippen molar-refractivity contribution in [3.63, 3.8) is 0 Å². The van der Waals surface area contributed by atoms with Gasteiger partial charge in [0.15, 0.2) is 0 Å². The lowest BCUT2D eigenvalue weighted by atomic mass is 9.50. The molecular formula is C13H22O2. The molecule has 2 fully saturated rings. The number of aliphatic hydroxyl groups excluding tert-OH is 1. The molecule has 0 saturated heterocycles. The molecule has 2 rings (SSSR count).